The van der Waals surface area contributed by atoms with Gasteiger partial charge in [-0.25, -0.2) is 0 Å². The van der Waals surface area contributed by atoms with Crippen LogP contribution in [0.3, 0.4) is 0 Å². The molecule has 23 heavy (non-hydrogen) atoms. The molecule has 2 atom stereocenters. The minimum Gasteiger partial charge on any atom is -0.348 e. The fraction of sp³-hybridized carbons (Fsp3) is 0.444. The number of hydrogen-bond acceptors (Lipinski definition) is 3. The number of benzene rings is 1. The fourth-order valence-corrected chi connectivity index (χ4v) is 2.85. The van der Waals surface area contributed by atoms with E-state index in [1.54, 1.807) is 13.0 Å². The summed E-state index contributed by atoms with van der Waals surface area (Å²) < 4.78 is 0. The van der Waals surface area contributed by atoms with Gasteiger partial charge in [-0.05, 0) is 36.8 Å². The van der Waals surface area contributed by atoms with E-state index in [9.17, 15) is 9.59 Å². The van der Waals surface area contributed by atoms with E-state index in [1.807, 2.05) is 23.1 Å². The SMILES string of the molecule is C[C@H](N)C(=O)N[C@H](C=CC(=O)N1Cc2ccccc2C1)C1CC1. The lowest BCUT2D eigenvalue weighted by atomic mass is 10.1. The van der Waals surface area contributed by atoms with Gasteiger partial charge in [-0.1, -0.05) is 30.3 Å². The summed E-state index contributed by atoms with van der Waals surface area (Å²) in [7, 11) is 0. The van der Waals surface area contributed by atoms with Gasteiger partial charge in [-0.3, -0.25) is 9.59 Å². The van der Waals surface area contributed by atoms with E-state index in [0.717, 1.165) is 12.8 Å². The number of amides is 2. The molecule has 1 aromatic carbocycles. The summed E-state index contributed by atoms with van der Waals surface area (Å²) in [5, 5.41) is 2.92. The van der Waals surface area contributed by atoms with E-state index >= 15 is 0 Å². The maximum Gasteiger partial charge on any atom is 0.246 e. The number of nitrogens with two attached hydrogens (primary N) is 1. The summed E-state index contributed by atoms with van der Waals surface area (Å²) in [4.78, 5) is 26.0. The molecule has 3 N–H and O–H groups in total. The monoisotopic (exact) mass is 313 g/mol. The number of fused-ring (bicyclic) bond motifs is 1. The highest BCUT2D eigenvalue weighted by molar-refractivity contribution is 5.88. The molecule has 0 bridgehead atoms. The van der Waals surface area contributed by atoms with Crippen LogP contribution in [-0.2, 0) is 22.7 Å². The van der Waals surface area contributed by atoms with Crippen LogP contribution in [0.1, 0.15) is 30.9 Å². The van der Waals surface area contributed by atoms with Crippen molar-refractivity contribution in [3.05, 3.63) is 47.5 Å². The van der Waals surface area contributed by atoms with E-state index in [-0.39, 0.29) is 17.9 Å². The Kier molecular flexibility index (Phi) is 4.48. The molecule has 0 unspecified atom stereocenters. The molecule has 0 saturated heterocycles. The minimum absolute atomic E-state index is 0.0121. The predicted octanol–water partition coefficient (Wildman–Crippen LogP) is 1.33. The van der Waals surface area contributed by atoms with Crippen LogP contribution in [0.25, 0.3) is 0 Å². The van der Waals surface area contributed by atoms with Crippen molar-refractivity contribution >= 4 is 11.8 Å². The Balaban J connectivity index is 1.60. The lowest BCUT2D eigenvalue weighted by molar-refractivity contribution is -0.126. The zero-order chi connectivity index (χ0) is 16.4. The average Bonchev–Trinajstić information content (AvgIpc) is 3.28. The topological polar surface area (TPSA) is 75.4 Å². The van der Waals surface area contributed by atoms with Gasteiger partial charge in [0.15, 0.2) is 0 Å². The van der Waals surface area contributed by atoms with Crippen LogP contribution in [0.15, 0.2) is 36.4 Å². The van der Waals surface area contributed by atoms with Crippen molar-refractivity contribution in [3.8, 4) is 0 Å². The largest absolute Gasteiger partial charge is 0.348 e. The van der Waals surface area contributed by atoms with Crippen molar-refractivity contribution in [1.82, 2.24) is 10.2 Å². The highest BCUT2D eigenvalue weighted by Crippen LogP contribution is 2.33. The van der Waals surface area contributed by atoms with Gasteiger partial charge in [0.05, 0.1) is 12.1 Å². The molecule has 1 saturated carbocycles. The first-order valence-electron chi connectivity index (χ1n) is 8.14. The molecule has 5 nitrogen and oxygen atoms in total. The Bertz CT molecular complexity index is 610. The van der Waals surface area contributed by atoms with Gasteiger partial charge in [-0.15, -0.1) is 0 Å². The summed E-state index contributed by atoms with van der Waals surface area (Å²) in [6, 6.07) is 7.48. The Morgan fingerprint density at radius 1 is 1.26 bits per heavy atom. The summed E-state index contributed by atoms with van der Waals surface area (Å²) in [5.74, 6) is 0.243. The number of hydrogen-bond donors (Lipinski definition) is 2. The number of rotatable bonds is 5. The van der Waals surface area contributed by atoms with Gasteiger partial charge >= 0.3 is 0 Å². The number of carbonyl (C=O) groups excluding carboxylic acids is 2. The summed E-state index contributed by atoms with van der Waals surface area (Å²) in [6.07, 6.45) is 5.58. The first kappa shape index (κ1) is 15.7. The van der Waals surface area contributed by atoms with Gasteiger partial charge < -0.3 is 16.0 Å². The van der Waals surface area contributed by atoms with E-state index in [1.165, 1.54) is 11.1 Å². The third-order valence-electron chi connectivity index (χ3n) is 4.45. The van der Waals surface area contributed by atoms with Gasteiger partial charge in [0.1, 0.15) is 0 Å². The van der Waals surface area contributed by atoms with Crippen LogP contribution < -0.4 is 11.1 Å². The molecule has 2 aliphatic rings. The second-order valence-electron chi connectivity index (χ2n) is 6.48. The Hall–Kier alpha value is -2.14. The van der Waals surface area contributed by atoms with E-state index in [2.05, 4.69) is 17.4 Å². The van der Waals surface area contributed by atoms with Crippen molar-refractivity contribution in [2.75, 3.05) is 0 Å². The Morgan fingerprint density at radius 2 is 1.87 bits per heavy atom. The van der Waals surface area contributed by atoms with Gasteiger partial charge in [0.2, 0.25) is 11.8 Å². The molecule has 1 aromatic rings. The van der Waals surface area contributed by atoms with Crippen LogP contribution in [0.2, 0.25) is 0 Å². The molecule has 3 rings (SSSR count). The van der Waals surface area contributed by atoms with E-state index in [0.29, 0.717) is 19.0 Å². The molecule has 1 aliphatic carbocycles. The fourth-order valence-electron chi connectivity index (χ4n) is 2.85. The molecule has 0 aromatic heterocycles. The minimum atomic E-state index is -0.534. The third-order valence-corrected chi connectivity index (χ3v) is 4.45. The maximum absolute atomic E-state index is 12.4. The highest BCUT2D eigenvalue weighted by atomic mass is 16.2. The number of carbonyl (C=O) groups is 2. The van der Waals surface area contributed by atoms with Crippen molar-refractivity contribution in [3.63, 3.8) is 0 Å². The van der Waals surface area contributed by atoms with Crippen LogP contribution in [-0.4, -0.2) is 28.8 Å². The summed E-state index contributed by atoms with van der Waals surface area (Å²) >= 11 is 0. The molecule has 2 amide bonds. The summed E-state index contributed by atoms with van der Waals surface area (Å²) in [5.41, 5.74) is 8.01. The molecular weight excluding hydrogens is 290 g/mol. The molecular formula is C18H23N3O2. The smallest absolute Gasteiger partial charge is 0.246 e. The maximum atomic E-state index is 12.4. The highest BCUT2D eigenvalue weighted by Gasteiger charge is 2.31. The van der Waals surface area contributed by atoms with Gasteiger partial charge in [0.25, 0.3) is 0 Å². The Labute approximate surface area is 136 Å². The number of nitrogens with zero attached hydrogens (tertiary/aromatic N) is 1. The molecule has 0 spiro atoms. The van der Waals surface area contributed by atoms with Crippen molar-refractivity contribution in [1.29, 1.82) is 0 Å². The first-order valence-corrected chi connectivity index (χ1v) is 8.14. The molecule has 1 aliphatic heterocycles. The van der Waals surface area contributed by atoms with Crippen molar-refractivity contribution in [2.24, 2.45) is 11.7 Å². The summed E-state index contributed by atoms with van der Waals surface area (Å²) in [6.45, 7) is 2.97. The molecule has 1 heterocycles. The van der Waals surface area contributed by atoms with Gasteiger partial charge in [0, 0.05) is 19.2 Å². The lowest BCUT2D eigenvalue weighted by Crippen LogP contribution is -2.44. The average molecular weight is 313 g/mol. The second kappa shape index (κ2) is 6.54. The standard InChI is InChI=1S/C18H23N3O2/c1-12(19)18(23)20-16(13-6-7-13)8-9-17(22)21-10-14-4-2-3-5-15(14)11-21/h2-5,8-9,12-13,16H,6-7,10-11,19H2,1H3,(H,20,23)/t12-,16+/m0/s1. The normalized spacial score (nSPS) is 19.5. The lowest BCUT2D eigenvalue weighted by Gasteiger charge is -2.17. The molecule has 5 heteroatoms. The van der Waals surface area contributed by atoms with E-state index < -0.39 is 6.04 Å². The molecule has 122 valence electrons. The van der Waals surface area contributed by atoms with Crippen molar-refractivity contribution in [2.45, 2.75) is 44.9 Å². The quantitative estimate of drug-likeness (QED) is 0.805. The third kappa shape index (κ3) is 3.79. The molecule has 0 radical (unpaired) electrons. The van der Waals surface area contributed by atoms with Crippen LogP contribution in [0, 0.1) is 5.92 Å². The first-order chi connectivity index (χ1) is 11.0. The van der Waals surface area contributed by atoms with Crippen LogP contribution in [0.4, 0.5) is 0 Å². The predicted molar refractivity (Wildman–Crippen MR) is 88.1 cm³/mol. The zero-order valence-electron chi connectivity index (χ0n) is 13.4. The molecule has 1 fully saturated rings. The Morgan fingerprint density at radius 3 is 2.39 bits per heavy atom. The second-order valence-corrected chi connectivity index (χ2v) is 6.48. The van der Waals surface area contributed by atoms with Gasteiger partial charge in [-0.2, -0.15) is 0 Å². The van der Waals surface area contributed by atoms with E-state index in [4.69, 9.17) is 5.73 Å². The van der Waals surface area contributed by atoms with Crippen LogP contribution >= 0.6 is 0 Å². The number of nitrogens with one attached hydrogen (secondary N) is 1. The van der Waals surface area contributed by atoms with Crippen molar-refractivity contribution < 1.29 is 9.59 Å². The zero-order valence-corrected chi connectivity index (χ0v) is 13.4. The van der Waals surface area contributed by atoms with Crippen LogP contribution in [0.5, 0.6) is 0 Å².